The third-order valence-electron chi connectivity index (χ3n) is 5.43. The first-order valence-electron chi connectivity index (χ1n) is 9.92. The van der Waals surface area contributed by atoms with Crippen LogP contribution in [0.3, 0.4) is 0 Å². The topological polar surface area (TPSA) is 75.6 Å². The monoisotopic (exact) mass is 486 g/mol. The number of hydrogen-bond donors (Lipinski definition) is 3. The number of anilines is 1. The lowest BCUT2D eigenvalue weighted by molar-refractivity contribution is -0.886. The van der Waals surface area contributed by atoms with Crippen LogP contribution >= 0.6 is 15.9 Å². The first-order valence-corrected chi connectivity index (χ1v) is 10.7. The molecule has 1 amide bonds. The van der Waals surface area contributed by atoms with Gasteiger partial charge in [0.1, 0.15) is 11.5 Å². The van der Waals surface area contributed by atoms with Crippen LogP contribution < -0.4 is 10.2 Å². The van der Waals surface area contributed by atoms with Gasteiger partial charge in [-0.05, 0) is 47.5 Å². The maximum atomic E-state index is 13.1. The molecule has 1 aliphatic heterocycles. The van der Waals surface area contributed by atoms with Crippen molar-refractivity contribution in [3.63, 3.8) is 0 Å². The second-order valence-electron chi connectivity index (χ2n) is 7.47. The van der Waals surface area contributed by atoms with Gasteiger partial charge in [0.25, 0.3) is 5.91 Å². The average molecular weight is 487 g/mol. The number of rotatable bonds is 5. The Morgan fingerprint density at radius 1 is 1.23 bits per heavy atom. The van der Waals surface area contributed by atoms with Crippen molar-refractivity contribution in [1.29, 1.82) is 0 Å². The zero-order chi connectivity index (χ0) is 22.0. The number of H-pyrrole nitrogens is 1. The van der Waals surface area contributed by atoms with Crippen LogP contribution in [0.2, 0.25) is 0 Å². The second-order valence-corrected chi connectivity index (χ2v) is 8.39. The summed E-state index contributed by atoms with van der Waals surface area (Å²) < 4.78 is 18.8. The SMILES string of the molecule is COC(=O)c1[nH]c2ccc(Br)cc2c1NC(=O)C[NH+]1CC=C(c2ccc(F)cc2)CC1. The molecule has 31 heavy (non-hydrogen) atoms. The third kappa shape index (κ3) is 4.70. The lowest BCUT2D eigenvalue weighted by Gasteiger charge is -2.23. The molecular weight excluding hydrogens is 465 g/mol. The number of amides is 1. The van der Waals surface area contributed by atoms with Crippen LogP contribution in [0.1, 0.15) is 22.5 Å². The number of benzene rings is 2. The molecule has 0 bridgehead atoms. The molecule has 2 aromatic carbocycles. The Labute approximate surface area is 187 Å². The van der Waals surface area contributed by atoms with Crippen LogP contribution in [0.4, 0.5) is 10.1 Å². The largest absolute Gasteiger partial charge is 0.464 e. The molecule has 160 valence electrons. The molecule has 0 aliphatic carbocycles. The molecule has 0 fully saturated rings. The quantitative estimate of drug-likeness (QED) is 0.484. The number of hydrogen-bond acceptors (Lipinski definition) is 3. The Morgan fingerprint density at radius 2 is 2.00 bits per heavy atom. The van der Waals surface area contributed by atoms with Crippen LogP contribution in [0, 0.1) is 5.82 Å². The zero-order valence-electron chi connectivity index (χ0n) is 16.9. The fourth-order valence-electron chi connectivity index (χ4n) is 3.83. The van der Waals surface area contributed by atoms with E-state index < -0.39 is 5.97 Å². The number of ether oxygens (including phenoxy) is 1. The van der Waals surface area contributed by atoms with Gasteiger partial charge in [-0.1, -0.05) is 28.1 Å². The van der Waals surface area contributed by atoms with Gasteiger partial charge in [-0.2, -0.15) is 0 Å². The predicted octanol–water partition coefficient (Wildman–Crippen LogP) is 3.17. The highest BCUT2D eigenvalue weighted by Crippen LogP contribution is 2.30. The van der Waals surface area contributed by atoms with E-state index >= 15 is 0 Å². The summed E-state index contributed by atoms with van der Waals surface area (Å²) in [5.41, 5.74) is 3.55. The van der Waals surface area contributed by atoms with Crippen molar-refractivity contribution in [2.75, 3.05) is 32.1 Å². The van der Waals surface area contributed by atoms with Gasteiger partial charge in [-0.25, -0.2) is 9.18 Å². The van der Waals surface area contributed by atoms with E-state index in [-0.39, 0.29) is 24.0 Å². The predicted molar refractivity (Wildman–Crippen MR) is 121 cm³/mol. The van der Waals surface area contributed by atoms with Crippen molar-refractivity contribution in [2.45, 2.75) is 6.42 Å². The second kappa shape index (κ2) is 9.03. The van der Waals surface area contributed by atoms with Gasteiger partial charge in [0, 0.05) is 21.8 Å². The van der Waals surface area contributed by atoms with Crippen LogP contribution in [0.15, 0.2) is 53.0 Å². The maximum absolute atomic E-state index is 13.1. The highest BCUT2D eigenvalue weighted by atomic mass is 79.9. The fraction of sp³-hybridized carbons (Fsp3) is 0.217. The molecule has 0 radical (unpaired) electrons. The summed E-state index contributed by atoms with van der Waals surface area (Å²) in [4.78, 5) is 29.1. The van der Waals surface area contributed by atoms with Gasteiger partial charge in [0.05, 0.1) is 25.9 Å². The Hall–Kier alpha value is -2.97. The number of fused-ring (bicyclic) bond motifs is 1. The minimum atomic E-state index is -0.542. The fourth-order valence-corrected chi connectivity index (χ4v) is 4.19. The normalized spacial score (nSPS) is 16.1. The molecule has 2 heterocycles. The van der Waals surface area contributed by atoms with Crippen LogP contribution in [-0.2, 0) is 9.53 Å². The first kappa shape index (κ1) is 21.3. The molecule has 0 saturated heterocycles. The highest BCUT2D eigenvalue weighted by molar-refractivity contribution is 9.10. The molecule has 8 heteroatoms. The number of halogens is 2. The summed E-state index contributed by atoms with van der Waals surface area (Å²) in [6.45, 7) is 1.76. The van der Waals surface area contributed by atoms with Crippen LogP contribution in [0.5, 0.6) is 0 Å². The third-order valence-corrected chi connectivity index (χ3v) is 5.92. The molecule has 0 spiro atoms. The number of carbonyl (C=O) groups is 2. The molecule has 6 nitrogen and oxygen atoms in total. The number of esters is 1. The van der Waals surface area contributed by atoms with E-state index in [0.29, 0.717) is 12.2 Å². The van der Waals surface area contributed by atoms with E-state index in [9.17, 15) is 14.0 Å². The summed E-state index contributed by atoms with van der Waals surface area (Å²) >= 11 is 3.43. The molecule has 1 aromatic heterocycles. The van der Waals surface area contributed by atoms with E-state index in [1.54, 1.807) is 12.1 Å². The molecule has 1 aliphatic rings. The summed E-state index contributed by atoms with van der Waals surface area (Å²) in [6, 6.07) is 12.0. The molecule has 3 N–H and O–H groups in total. The van der Waals surface area contributed by atoms with E-state index in [0.717, 1.165) is 38.8 Å². The van der Waals surface area contributed by atoms with Crippen molar-refractivity contribution >= 4 is 50.0 Å². The molecule has 0 saturated carbocycles. The van der Waals surface area contributed by atoms with Crippen LogP contribution in [0.25, 0.3) is 16.5 Å². The lowest BCUT2D eigenvalue weighted by Crippen LogP contribution is -3.13. The van der Waals surface area contributed by atoms with E-state index in [4.69, 9.17) is 4.74 Å². The molecular formula is C23H22BrFN3O3+. The van der Waals surface area contributed by atoms with Crippen molar-refractivity contribution in [1.82, 2.24) is 4.98 Å². The number of aromatic amines is 1. The van der Waals surface area contributed by atoms with Crippen molar-refractivity contribution in [2.24, 2.45) is 0 Å². The summed E-state index contributed by atoms with van der Waals surface area (Å²) in [5, 5.41) is 3.63. The van der Waals surface area contributed by atoms with Gasteiger partial charge >= 0.3 is 5.97 Å². The smallest absolute Gasteiger partial charge is 0.356 e. The number of quaternary nitrogens is 1. The van der Waals surface area contributed by atoms with Gasteiger partial charge in [-0.15, -0.1) is 0 Å². The minimum absolute atomic E-state index is 0.181. The molecule has 3 aromatic rings. The standard InChI is InChI=1S/C23H21BrFN3O3/c1-31-23(30)22-21(18-12-16(24)4-7-19(18)26-22)27-20(29)13-28-10-8-15(9-11-28)14-2-5-17(25)6-3-14/h2-8,12,26H,9-11,13H2,1H3,(H,27,29)/p+1. The number of aromatic nitrogens is 1. The highest BCUT2D eigenvalue weighted by Gasteiger charge is 2.23. The van der Waals surface area contributed by atoms with Gasteiger partial charge in [-0.3, -0.25) is 4.79 Å². The van der Waals surface area contributed by atoms with E-state index in [1.807, 2.05) is 18.2 Å². The summed E-state index contributed by atoms with van der Waals surface area (Å²) in [5.74, 6) is -0.973. The van der Waals surface area contributed by atoms with Gasteiger partial charge in [0.15, 0.2) is 6.54 Å². The van der Waals surface area contributed by atoms with Crippen molar-refractivity contribution < 1.29 is 23.6 Å². The Balaban J connectivity index is 1.47. The van der Waals surface area contributed by atoms with E-state index in [2.05, 4.69) is 32.3 Å². The first-order chi connectivity index (χ1) is 14.9. The Kier molecular flexibility index (Phi) is 6.20. The van der Waals surface area contributed by atoms with Gasteiger partial charge in [0.2, 0.25) is 0 Å². The summed E-state index contributed by atoms with van der Waals surface area (Å²) in [7, 11) is 1.30. The van der Waals surface area contributed by atoms with Crippen molar-refractivity contribution in [3.05, 3.63) is 70.1 Å². The van der Waals surface area contributed by atoms with Crippen molar-refractivity contribution in [3.8, 4) is 0 Å². The minimum Gasteiger partial charge on any atom is -0.464 e. The summed E-state index contributed by atoms with van der Waals surface area (Å²) in [6.07, 6.45) is 2.91. The Morgan fingerprint density at radius 3 is 2.68 bits per heavy atom. The molecule has 1 unspecified atom stereocenters. The number of methoxy groups -OCH3 is 1. The van der Waals surface area contributed by atoms with E-state index in [1.165, 1.54) is 24.8 Å². The number of carbonyl (C=O) groups excluding carboxylic acids is 2. The zero-order valence-corrected chi connectivity index (χ0v) is 18.5. The van der Waals surface area contributed by atoms with Crippen LogP contribution in [-0.4, -0.2) is 43.6 Å². The molecule has 1 atom stereocenters. The Bertz CT molecular complexity index is 1170. The maximum Gasteiger partial charge on any atom is 0.356 e. The lowest BCUT2D eigenvalue weighted by atomic mass is 9.99. The average Bonchev–Trinajstić information content (AvgIpc) is 3.11. The number of nitrogens with one attached hydrogen (secondary N) is 3. The van der Waals surface area contributed by atoms with Gasteiger partial charge < -0.3 is 19.9 Å². The molecule has 4 rings (SSSR count).